The van der Waals surface area contributed by atoms with Crippen LogP contribution in [0.4, 0.5) is 5.69 Å². The van der Waals surface area contributed by atoms with Crippen LogP contribution in [0.1, 0.15) is 11.4 Å². The molecule has 0 atom stereocenters. The van der Waals surface area contributed by atoms with Gasteiger partial charge in [0.1, 0.15) is 0 Å². The number of hydrogen-bond acceptors (Lipinski definition) is 3. The van der Waals surface area contributed by atoms with E-state index in [4.69, 9.17) is 6.57 Å². The largest absolute Gasteiger partial charge is 0.238 e. The highest BCUT2D eigenvalue weighted by Crippen LogP contribution is 2.20. The topological polar surface area (TPSA) is 48.0 Å². The molecular weight excluding hydrogens is 190 g/mol. The summed E-state index contributed by atoms with van der Waals surface area (Å²) in [5.74, 6) is 0.633. The molecule has 0 bridgehead atoms. The Balaban J connectivity index is 2.28. The summed E-state index contributed by atoms with van der Waals surface area (Å²) < 4.78 is 0. The molecule has 0 saturated heterocycles. The fourth-order valence-electron chi connectivity index (χ4n) is 1.33. The zero-order valence-electron chi connectivity index (χ0n) is 8.25. The van der Waals surface area contributed by atoms with Crippen molar-refractivity contribution in [1.82, 2.24) is 20.2 Å². The minimum atomic E-state index is 0.548. The molecule has 0 saturated carbocycles. The van der Waals surface area contributed by atoms with Crippen LogP contribution in [0.2, 0.25) is 0 Å². The van der Waals surface area contributed by atoms with Crippen LogP contribution in [-0.2, 0) is 13.5 Å². The minimum absolute atomic E-state index is 0.548. The quantitative estimate of drug-likeness (QED) is 0.686. The van der Waals surface area contributed by atoms with E-state index in [1.165, 1.54) is 4.80 Å². The van der Waals surface area contributed by atoms with E-state index in [0.29, 0.717) is 17.9 Å². The van der Waals surface area contributed by atoms with Crippen molar-refractivity contribution in [1.29, 1.82) is 0 Å². The van der Waals surface area contributed by atoms with Crippen LogP contribution in [0.5, 0.6) is 0 Å². The molecule has 74 valence electrons. The summed E-state index contributed by atoms with van der Waals surface area (Å²) >= 11 is 0. The molecule has 0 unspecified atom stereocenters. The van der Waals surface area contributed by atoms with E-state index in [2.05, 4.69) is 20.3 Å². The predicted octanol–water partition coefficient (Wildman–Crippen LogP) is 1.35. The maximum atomic E-state index is 7.02. The monoisotopic (exact) mass is 199 g/mol. The van der Waals surface area contributed by atoms with E-state index in [9.17, 15) is 0 Å². The number of benzene rings is 1. The first-order valence-corrected chi connectivity index (χ1v) is 4.48. The van der Waals surface area contributed by atoms with Crippen LogP contribution in [0, 0.1) is 6.57 Å². The molecule has 1 aromatic carbocycles. The summed E-state index contributed by atoms with van der Waals surface area (Å²) in [7, 11) is 1.72. The van der Waals surface area contributed by atoms with Crippen LogP contribution in [0.15, 0.2) is 24.3 Å². The van der Waals surface area contributed by atoms with Gasteiger partial charge in [0, 0.05) is 6.42 Å². The highest BCUT2D eigenvalue weighted by Gasteiger charge is 2.05. The molecule has 0 aliphatic rings. The Labute approximate surface area is 87.2 Å². The van der Waals surface area contributed by atoms with E-state index in [-0.39, 0.29) is 0 Å². The lowest BCUT2D eigenvalue weighted by Gasteiger charge is -1.98. The zero-order valence-corrected chi connectivity index (χ0v) is 8.25. The van der Waals surface area contributed by atoms with Crippen molar-refractivity contribution in [3.05, 3.63) is 47.1 Å². The van der Waals surface area contributed by atoms with Gasteiger partial charge < -0.3 is 0 Å². The van der Waals surface area contributed by atoms with Gasteiger partial charge in [-0.05, 0) is 10.8 Å². The molecule has 2 rings (SSSR count). The standard InChI is InChI=1S/C10H9N5/c1-11-9-6-4-3-5-8(9)7-10-12-14-15(2)13-10/h3-6H,7H2,2H3. The normalized spacial score (nSPS) is 9.87. The highest BCUT2D eigenvalue weighted by atomic mass is 15.6. The molecule has 0 amide bonds. The van der Waals surface area contributed by atoms with Crippen molar-refractivity contribution in [2.45, 2.75) is 6.42 Å². The van der Waals surface area contributed by atoms with Gasteiger partial charge in [0.05, 0.1) is 13.6 Å². The molecule has 5 heteroatoms. The van der Waals surface area contributed by atoms with Crippen molar-refractivity contribution in [2.24, 2.45) is 7.05 Å². The maximum Gasteiger partial charge on any atom is 0.190 e. The van der Waals surface area contributed by atoms with E-state index >= 15 is 0 Å². The number of para-hydroxylation sites is 1. The summed E-state index contributed by atoms with van der Waals surface area (Å²) in [6, 6.07) is 7.45. The van der Waals surface area contributed by atoms with Crippen molar-refractivity contribution in [2.75, 3.05) is 0 Å². The fraction of sp³-hybridized carbons (Fsp3) is 0.200. The maximum absolute atomic E-state index is 7.02. The summed E-state index contributed by atoms with van der Waals surface area (Å²) in [6.07, 6.45) is 0.548. The summed E-state index contributed by atoms with van der Waals surface area (Å²) in [4.78, 5) is 4.85. The highest BCUT2D eigenvalue weighted by molar-refractivity contribution is 5.52. The second-order valence-electron chi connectivity index (χ2n) is 3.11. The summed E-state index contributed by atoms with van der Waals surface area (Å²) in [6.45, 7) is 7.02. The number of rotatable bonds is 2. The molecular formula is C10H9N5. The SMILES string of the molecule is [C-]#[N+]c1ccccc1Cc1nnn(C)n1. The lowest BCUT2D eigenvalue weighted by molar-refractivity contribution is 0.628. The van der Waals surface area contributed by atoms with E-state index in [1.807, 2.05) is 18.2 Å². The Morgan fingerprint density at radius 1 is 1.40 bits per heavy atom. The molecule has 2 aromatic rings. The summed E-state index contributed by atoms with van der Waals surface area (Å²) in [5.41, 5.74) is 1.57. The lowest BCUT2D eigenvalue weighted by Crippen LogP contribution is -1.94. The number of tetrazole rings is 1. The van der Waals surface area contributed by atoms with Gasteiger partial charge in [0.15, 0.2) is 11.5 Å². The fourth-order valence-corrected chi connectivity index (χ4v) is 1.33. The molecule has 0 radical (unpaired) electrons. The number of aromatic nitrogens is 4. The molecule has 1 aromatic heterocycles. The van der Waals surface area contributed by atoms with Crippen molar-refractivity contribution in [3.63, 3.8) is 0 Å². The second-order valence-corrected chi connectivity index (χ2v) is 3.11. The van der Waals surface area contributed by atoms with Crippen molar-refractivity contribution < 1.29 is 0 Å². The third-order valence-corrected chi connectivity index (χ3v) is 2.01. The van der Waals surface area contributed by atoms with Crippen molar-refractivity contribution >= 4 is 5.69 Å². The predicted molar refractivity (Wildman–Crippen MR) is 54.3 cm³/mol. The molecule has 1 heterocycles. The Morgan fingerprint density at radius 2 is 2.20 bits per heavy atom. The van der Waals surface area contributed by atoms with Gasteiger partial charge in [0.25, 0.3) is 0 Å². The van der Waals surface area contributed by atoms with E-state index < -0.39 is 0 Å². The zero-order chi connectivity index (χ0) is 10.7. The second kappa shape index (κ2) is 3.88. The van der Waals surface area contributed by atoms with E-state index in [1.54, 1.807) is 13.1 Å². The third kappa shape index (κ3) is 1.99. The lowest BCUT2D eigenvalue weighted by atomic mass is 10.1. The van der Waals surface area contributed by atoms with E-state index in [0.717, 1.165) is 5.56 Å². The van der Waals surface area contributed by atoms with Gasteiger partial charge in [-0.3, -0.25) is 0 Å². The average molecular weight is 199 g/mol. The average Bonchev–Trinajstić information content (AvgIpc) is 2.65. The van der Waals surface area contributed by atoms with Crippen LogP contribution >= 0.6 is 0 Å². The van der Waals surface area contributed by atoms with Crippen LogP contribution in [-0.4, -0.2) is 20.2 Å². The van der Waals surface area contributed by atoms with Crippen LogP contribution < -0.4 is 0 Å². The Morgan fingerprint density at radius 3 is 2.87 bits per heavy atom. The minimum Gasteiger partial charge on any atom is -0.238 e. The number of aryl methyl sites for hydroxylation is 1. The Hall–Kier alpha value is -2.22. The molecule has 0 spiro atoms. The first-order valence-electron chi connectivity index (χ1n) is 4.48. The number of nitrogens with zero attached hydrogens (tertiary/aromatic N) is 5. The first-order chi connectivity index (χ1) is 7.29. The number of hydrogen-bond donors (Lipinski definition) is 0. The van der Waals surface area contributed by atoms with Crippen LogP contribution in [0.3, 0.4) is 0 Å². The van der Waals surface area contributed by atoms with Gasteiger partial charge in [-0.2, -0.15) is 4.80 Å². The summed E-state index contributed by atoms with van der Waals surface area (Å²) in [5, 5.41) is 11.7. The van der Waals surface area contributed by atoms with Gasteiger partial charge in [0.2, 0.25) is 0 Å². The molecule has 0 aliphatic heterocycles. The first kappa shape index (κ1) is 9.34. The molecule has 0 aliphatic carbocycles. The Kier molecular flexibility index (Phi) is 2.42. The molecule has 15 heavy (non-hydrogen) atoms. The molecule has 5 nitrogen and oxygen atoms in total. The van der Waals surface area contributed by atoms with Gasteiger partial charge in [-0.25, -0.2) is 4.85 Å². The molecule has 0 fully saturated rings. The smallest absolute Gasteiger partial charge is 0.190 e. The molecule has 0 N–H and O–H groups in total. The van der Waals surface area contributed by atoms with Gasteiger partial charge in [-0.1, -0.05) is 24.3 Å². The van der Waals surface area contributed by atoms with Gasteiger partial charge >= 0.3 is 0 Å². The van der Waals surface area contributed by atoms with Gasteiger partial charge in [-0.15, -0.1) is 10.2 Å². The van der Waals surface area contributed by atoms with Crippen molar-refractivity contribution in [3.8, 4) is 0 Å². The van der Waals surface area contributed by atoms with Crippen LogP contribution in [0.25, 0.3) is 4.85 Å². The Bertz CT molecular complexity index is 509. The third-order valence-electron chi connectivity index (χ3n) is 2.01.